The maximum Gasteiger partial charge on any atom is 0.338 e. The lowest BCUT2D eigenvalue weighted by atomic mass is 10.2. The number of nitro benzene ring substituents is 1. The Bertz CT molecular complexity index is 978. The molecule has 1 N–H and O–H groups in total. The van der Waals surface area contributed by atoms with E-state index in [4.69, 9.17) is 4.74 Å². The van der Waals surface area contributed by atoms with E-state index in [9.17, 15) is 24.5 Å². The zero-order valence-corrected chi connectivity index (χ0v) is 15.5. The van der Waals surface area contributed by atoms with Crippen molar-refractivity contribution in [2.75, 3.05) is 29.6 Å². The molecule has 10 heteroatoms. The summed E-state index contributed by atoms with van der Waals surface area (Å²) in [7, 11) is 0. The van der Waals surface area contributed by atoms with E-state index < -0.39 is 23.4 Å². The largest absolute Gasteiger partial charge is 0.452 e. The second-order valence-electron chi connectivity index (χ2n) is 5.77. The number of thioether (sulfide) groups is 1. The first-order chi connectivity index (χ1) is 13.4. The molecule has 2 aromatic carbocycles. The van der Waals surface area contributed by atoms with Gasteiger partial charge in [-0.1, -0.05) is 12.1 Å². The number of amides is 2. The second kappa shape index (κ2) is 8.09. The third-order valence-electron chi connectivity index (χ3n) is 4.01. The molecule has 0 saturated carbocycles. The van der Waals surface area contributed by atoms with Crippen LogP contribution in [0.5, 0.6) is 0 Å². The minimum Gasteiger partial charge on any atom is -0.452 e. The summed E-state index contributed by atoms with van der Waals surface area (Å²) in [5.41, 5.74) is 0.744. The topological polar surface area (TPSA) is 119 Å². The first-order valence-corrected chi connectivity index (χ1v) is 9.32. The van der Waals surface area contributed by atoms with Crippen LogP contribution in [-0.4, -0.2) is 42.1 Å². The lowest BCUT2D eigenvalue weighted by Crippen LogP contribution is -2.44. The number of nitrogens with zero attached hydrogens (tertiary/aromatic N) is 2. The first kappa shape index (κ1) is 19.4. The summed E-state index contributed by atoms with van der Waals surface area (Å²) < 4.78 is 5.01. The van der Waals surface area contributed by atoms with E-state index in [1.807, 2.05) is 0 Å². The molecule has 144 valence electrons. The standard InChI is InChI=1S/C18H15N3O6S/c1-28-15-7-6-11(8-14(15)21(25)26)18(24)27-10-17(23)20-9-16(22)19-12-4-2-3-5-13(12)20/h2-8H,9-10H2,1H3,(H,19,22). The van der Waals surface area contributed by atoms with E-state index in [-0.39, 0.29) is 23.7 Å². The third kappa shape index (κ3) is 3.96. The molecule has 0 aliphatic carbocycles. The van der Waals surface area contributed by atoms with Gasteiger partial charge in [0.15, 0.2) is 6.61 Å². The minimum absolute atomic E-state index is 0.0333. The van der Waals surface area contributed by atoms with Gasteiger partial charge in [0.25, 0.3) is 11.6 Å². The van der Waals surface area contributed by atoms with Gasteiger partial charge < -0.3 is 10.1 Å². The quantitative estimate of drug-likeness (QED) is 0.354. The van der Waals surface area contributed by atoms with Gasteiger partial charge in [0, 0.05) is 6.07 Å². The Morgan fingerprint density at radius 2 is 2.04 bits per heavy atom. The Kier molecular flexibility index (Phi) is 5.59. The molecule has 3 rings (SSSR count). The van der Waals surface area contributed by atoms with E-state index in [0.717, 1.165) is 6.07 Å². The van der Waals surface area contributed by atoms with Crippen molar-refractivity contribution in [3.05, 3.63) is 58.1 Å². The van der Waals surface area contributed by atoms with Crippen LogP contribution in [0.1, 0.15) is 10.4 Å². The van der Waals surface area contributed by atoms with E-state index >= 15 is 0 Å². The highest BCUT2D eigenvalue weighted by atomic mass is 32.2. The summed E-state index contributed by atoms with van der Waals surface area (Å²) in [5.74, 6) is -1.80. The number of hydrogen-bond donors (Lipinski definition) is 1. The van der Waals surface area contributed by atoms with Gasteiger partial charge in [0.05, 0.1) is 26.8 Å². The lowest BCUT2D eigenvalue weighted by Gasteiger charge is -2.28. The molecule has 0 aromatic heterocycles. The summed E-state index contributed by atoms with van der Waals surface area (Å²) in [6.45, 7) is -0.792. The van der Waals surface area contributed by atoms with Gasteiger partial charge in [-0.2, -0.15) is 0 Å². The van der Waals surface area contributed by atoms with Crippen LogP contribution in [0.15, 0.2) is 47.4 Å². The Morgan fingerprint density at radius 3 is 2.75 bits per heavy atom. The van der Waals surface area contributed by atoms with Crippen LogP contribution in [-0.2, 0) is 14.3 Å². The summed E-state index contributed by atoms with van der Waals surface area (Å²) >= 11 is 1.18. The molecular formula is C18H15N3O6S. The molecule has 28 heavy (non-hydrogen) atoms. The normalized spacial score (nSPS) is 12.8. The lowest BCUT2D eigenvalue weighted by molar-refractivity contribution is -0.387. The predicted octanol–water partition coefficient (Wildman–Crippen LogP) is 2.46. The number of benzene rings is 2. The Hall–Kier alpha value is -3.40. The fourth-order valence-corrected chi connectivity index (χ4v) is 3.25. The molecule has 0 spiro atoms. The van der Waals surface area contributed by atoms with E-state index in [1.54, 1.807) is 30.5 Å². The van der Waals surface area contributed by atoms with Crippen molar-refractivity contribution in [3.8, 4) is 0 Å². The zero-order chi connectivity index (χ0) is 20.3. The monoisotopic (exact) mass is 401 g/mol. The Labute approximate surface area is 163 Å². The van der Waals surface area contributed by atoms with E-state index in [1.165, 1.54) is 28.8 Å². The Balaban J connectivity index is 1.72. The maximum atomic E-state index is 12.5. The molecule has 1 aliphatic rings. The minimum atomic E-state index is -0.862. The third-order valence-corrected chi connectivity index (χ3v) is 4.79. The molecular weight excluding hydrogens is 386 g/mol. The fourth-order valence-electron chi connectivity index (χ4n) is 2.70. The van der Waals surface area contributed by atoms with Gasteiger partial charge in [-0.15, -0.1) is 11.8 Å². The van der Waals surface area contributed by atoms with Crippen molar-refractivity contribution >= 4 is 46.6 Å². The zero-order valence-electron chi connectivity index (χ0n) is 14.7. The average Bonchev–Trinajstić information content (AvgIpc) is 2.70. The smallest absolute Gasteiger partial charge is 0.338 e. The van der Waals surface area contributed by atoms with Crippen LogP contribution < -0.4 is 10.2 Å². The van der Waals surface area contributed by atoms with Crippen molar-refractivity contribution in [2.24, 2.45) is 0 Å². The van der Waals surface area contributed by atoms with Crippen LogP contribution in [0, 0.1) is 10.1 Å². The van der Waals surface area contributed by atoms with Gasteiger partial charge in [-0.05, 0) is 30.5 Å². The van der Waals surface area contributed by atoms with Crippen molar-refractivity contribution < 1.29 is 24.0 Å². The summed E-state index contributed by atoms with van der Waals surface area (Å²) in [5, 5.41) is 13.8. The molecule has 2 amide bonds. The Morgan fingerprint density at radius 1 is 1.29 bits per heavy atom. The number of ether oxygens (including phenoxy) is 1. The van der Waals surface area contributed by atoms with Gasteiger partial charge in [0.1, 0.15) is 6.54 Å². The van der Waals surface area contributed by atoms with Gasteiger partial charge >= 0.3 is 5.97 Å². The van der Waals surface area contributed by atoms with Crippen LogP contribution in [0.4, 0.5) is 17.1 Å². The first-order valence-electron chi connectivity index (χ1n) is 8.09. The van der Waals surface area contributed by atoms with Crippen LogP contribution in [0.3, 0.4) is 0 Å². The highest BCUT2D eigenvalue weighted by Gasteiger charge is 2.27. The summed E-state index contributed by atoms with van der Waals surface area (Å²) in [6.07, 6.45) is 1.69. The second-order valence-corrected chi connectivity index (χ2v) is 6.61. The summed E-state index contributed by atoms with van der Waals surface area (Å²) in [4.78, 5) is 48.6. The number of hydrogen-bond acceptors (Lipinski definition) is 7. The number of carbonyl (C=O) groups is 3. The molecule has 9 nitrogen and oxygen atoms in total. The fraction of sp³-hybridized carbons (Fsp3) is 0.167. The molecule has 0 fully saturated rings. The van der Waals surface area contributed by atoms with Crippen molar-refractivity contribution in [3.63, 3.8) is 0 Å². The molecule has 0 unspecified atom stereocenters. The van der Waals surface area contributed by atoms with Gasteiger partial charge in [0.2, 0.25) is 5.91 Å². The number of esters is 1. The summed E-state index contributed by atoms with van der Waals surface area (Å²) in [6, 6.07) is 10.7. The number of para-hydroxylation sites is 2. The number of nitrogens with one attached hydrogen (secondary N) is 1. The molecule has 0 bridgehead atoms. The van der Waals surface area contributed by atoms with Crippen molar-refractivity contribution in [1.82, 2.24) is 0 Å². The highest BCUT2D eigenvalue weighted by Crippen LogP contribution is 2.30. The maximum absolute atomic E-state index is 12.5. The predicted molar refractivity (Wildman–Crippen MR) is 103 cm³/mol. The average molecular weight is 401 g/mol. The van der Waals surface area contributed by atoms with Crippen molar-refractivity contribution in [2.45, 2.75) is 4.90 Å². The van der Waals surface area contributed by atoms with Crippen LogP contribution >= 0.6 is 11.8 Å². The number of fused-ring (bicyclic) bond motifs is 1. The molecule has 1 aliphatic heterocycles. The highest BCUT2D eigenvalue weighted by molar-refractivity contribution is 7.98. The van der Waals surface area contributed by atoms with E-state index in [0.29, 0.717) is 16.3 Å². The molecule has 2 aromatic rings. The number of carbonyl (C=O) groups excluding carboxylic acids is 3. The van der Waals surface area contributed by atoms with Gasteiger partial charge in [-0.25, -0.2) is 4.79 Å². The SMILES string of the molecule is CSc1ccc(C(=O)OCC(=O)N2CC(=O)Nc3ccccc32)cc1[N+](=O)[O-]. The molecule has 0 atom stereocenters. The molecule has 0 saturated heterocycles. The number of anilines is 2. The van der Waals surface area contributed by atoms with Crippen LogP contribution in [0.2, 0.25) is 0 Å². The number of nitro groups is 1. The van der Waals surface area contributed by atoms with Gasteiger partial charge in [-0.3, -0.25) is 24.6 Å². The molecule has 0 radical (unpaired) electrons. The van der Waals surface area contributed by atoms with Crippen molar-refractivity contribution in [1.29, 1.82) is 0 Å². The number of rotatable bonds is 5. The molecule has 1 heterocycles. The van der Waals surface area contributed by atoms with Crippen LogP contribution in [0.25, 0.3) is 0 Å². The van der Waals surface area contributed by atoms with E-state index in [2.05, 4.69) is 5.32 Å².